The summed E-state index contributed by atoms with van der Waals surface area (Å²) in [7, 11) is 0. The number of hydrogen-bond acceptors (Lipinski definition) is 4. The van der Waals surface area contributed by atoms with Crippen LogP contribution in [0, 0.1) is 32.1 Å². The highest BCUT2D eigenvalue weighted by Gasteiger charge is 2.15. The van der Waals surface area contributed by atoms with E-state index in [0.717, 1.165) is 22.4 Å². The standard InChI is InChI=1S/C27H24Cl2N2O3/c1-17-4-7-23(8-5-17)31-27(32)21(16-30)13-20-14-22(28)15-24(29)26(20)34-11-10-33-25-9-6-18(2)12-19(25)3/h4-9,12-15H,10-11H2,1-3H3,(H,31,32). The first-order valence-corrected chi connectivity index (χ1v) is 11.3. The minimum atomic E-state index is -0.549. The van der Waals surface area contributed by atoms with Gasteiger partial charge in [-0.2, -0.15) is 5.26 Å². The Morgan fingerprint density at radius 1 is 0.971 bits per heavy atom. The summed E-state index contributed by atoms with van der Waals surface area (Å²) in [6.45, 7) is 6.43. The van der Waals surface area contributed by atoms with Crippen molar-refractivity contribution < 1.29 is 14.3 Å². The van der Waals surface area contributed by atoms with Crippen molar-refractivity contribution in [1.29, 1.82) is 5.26 Å². The molecule has 0 aliphatic rings. The topological polar surface area (TPSA) is 71.4 Å². The number of nitriles is 1. The third-order valence-corrected chi connectivity index (χ3v) is 5.43. The van der Waals surface area contributed by atoms with Gasteiger partial charge in [0.15, 0.2) is 0 Å². The summed E-state index contributed by atoms with van der Waals surface area (Å²) in [6, 6.07) is 18.3. The summed E-state index contributed by atoms with van der Waals surface area (Å²) in [5.41, 5.74) is 4.14. The maximum absolute atomic E-state index is 12.7. The van der Waals surface area contributed by atoms with Gasteiger partial charge in [0.05, 0.1) is 5.02 Å². The van der Waals surface area contributed by atoms with Gasteiger partial charge in [-0.3, -0.25) is 4.79 Å². The number of amides is 1. The molecule has 3 rings (SSSR count). The van der Waals surface area contributed by atoms with Crippen molar-refractivity contribution in [1.82, 2.24) is 0 Å². The lowest BCUT2D eigenvalue weighted by Gasteiger charge is -2.14. The number of benzene rings is 3. The van der Waals surface area contributed by atoms with Gasteiger partial charge in [0.1, 0.15) is 36.4 Å². The molecule has 1 amide bonds. The first-order valence-electron chi connectivity index (χ1n) is 10.6. The smallest absolute Gasteiger partial charge is 0.266 e. The average molecular weight is 495 g/mol. The second kappa shape index (κ2) is 11.6. The van der Waals surface area contributed by atoms with Crippen molar-refractivity contribution in [3.63, 3.8) is 0 Å². The van der Waals surface area contributed by atoms with E-state index in [0.29, 0.717) is 22.0 Å². The Labute approximate surface area is 209 Å². The van der Waals surface area contributed by atoms with Crippen LogP contribution in [-0.2, 0) is 4.79 Å². The predicted molar refractivity (Wildman–Crippen MR) is 137 cm³/mol. The van der Waals surface area contributed by atoms with Gasteiger partial charge in [-0.05, 0) is 62.7 Å². The summed E-state index contributed by atoms with van der Waals surface area (Å²) in [5, 5.41) is 12.9. The van der Waals surface area contributed by atoms with E-state index in [-0.39, 0.29) is 23.8 Å². The molecule has 5 nitrogen and oxygen atoms in total. The van der Waals surface area contributed by atoms with E-state index in [1.165, 1.54) is 6.08 Å². The van der Waals surface area contributed by atoms with Gasteiger partial charge in [0.2, 0.25) is 0 Å². The molecule has 0 saturated heterocycles. The average Bonchev–Trinajstić information content (AvgIpc) is 2.78. The number of ether oxygens (including phenoxy) is 2. The molecule has 0 aliphatic carbocycles. The number of carbonyl (C=O) groups excluding carboxylic acids is 1. The summed E-state index contributed by atoms with van der Waals surface area (Å²) in [5.74, 6) is 0.536. The fourth-order valence-electron chi connectivity index (χ4n) is 3.24. The molecule has 34 heavy (non-hydrogen) atoms. The summed E-state index contributed by atoms with van der Waals surface area (Å²) in [4.78, 5) is 12.7. The van der Waals surface area contributed by atoms with E-state index < -0.39 is 5.91 Å². The summed E-state index contributed by atoms with van der Waals surface area (Å²) in [6.07, 6.45) is 1.40. The van der Waals surface area contributed by atoms with Crippen LogP contribution < -0.4 is 14.8 Å². The molecule has 0 fully saturated rings. The zero-order valence-electron chi connectivity index (χ0n) is 19.1. The van der Waals surface area contributed by atoms with Crippen LogP contribution in [0.15, 0.2) is 60.2 Å². The molecule has 7 heteroatoms. The van der Waals surface area contributed by atoms with Gasteiger partial charge in [0.25, 0.3) is 5.91 Å². The van der Waals surface area contributed by atoms with Crippen molar-refractivity contribution in [2.24, 2.45) is 0 Å². The van der Waals surface area contributed by atoms with E-state index in [1.54, 1.807) is 24.3 Å². The number of nitrogens with one attached hydrogen (secondary N) is 1. The van der Waals surface area contributed by atoms with E-state index in [4.69, 9.17) is 32.7 Å². The van der Waals surface area contributed by atoms with Crippen molar-refractivity contribution >= 4 is 40.9 Å². The molecule has 0 bridgehead atoms. The molecule has 0 radical (unpaired) electrons. The largest absolute Gasteiger partial charge is 0.490 e. The van der Waals surface area contributed by atoms with Gasteiger partial charge < -0.3 is 14.8 Å². The van der Waals surface area contributed by atoms with Crippen LogP contribution in [0.4, 0.5) is 5.69 Å². The predicted octanol–water partition coefficient (Wildman–Crippen LogP) is 6.92. The van der Waals surface area contributed by atoms with Crippen LogP contribution in [0.2, 0.25) is 10.0 Å². The van der Waals surface area contributed by atoms with Crippen molar-refractivity contribution in [3.05, 3.63) is 92.5 Å². The monoisotopic (exact) mass is 494 g/mol. The molecular formula is C27H24Cl2N2O3. The second-order valence-electron chi connectivity index (χ2n) is 7.76. The number of aryl methyl sites for hydroxylation is 3. The first-order chi connectivity index (χ1) is 16.3. The van der Waals surface area contributed by atoms with E-state index in [2.05, 4.69) is 5.32 Å². The molecule has 174 valence electrons. The molecule has 0 saturated carbocycles. The Hall–Kier alpha value is -3.46. The van der Waals surface area contributed by atoms with Gasteiger partial charge in [-0.1, -0.05) is 58.6 Å². The molecule has 1 N–H and O–H groups in total. The maximum atomic E-state index is 12.7. The third-order valence-electron chi connectivity index (χ3n) is 4.93. The zero-order valence-corrected chi connectivity index (χ0v) is 20.6. The number of anilines is 1. The number of rotatable bonds is 8. The van der Waals surface area contributed by atoms with Gasteiger partial charge in [-0.25, -0.2) is 0 Å². The molecule has 3 aromatic carbocycles. The normalized spacial score (nSPS) is 11.0. The van der Waals surface area contributed by atoms with Gasteiger partial charge >= 0.3 is 0 Å². The molecule has 0 unspecified atom stereocenters. The quantitative estimate of drug-likeness (QED) is 0.209. The molecule has 0 heterocycles. The number of carbonyl (C=O) groups is 1. The minimum Gasteiger partial charge on any atom is -0.490 e. The van der Waals surface area contributed by atoms with Crippen LogP contribution in [0.25, 0.3) is 6.08 Å². The van der Waals surface area contributed by atoms with E-state index in [9.17, 15) is 10.1 Å². The first kappa shape index (κ1) is 25.2. The Kier molecular flexibility index (Phi) is 8.59. The van der Waals surface area contributed by atoms with Gasteiger partial charge in [0, 0.05) is 16.3 Å². The van der Waals surface area contributed by atoms with Crippen LogP contribution in [-0.4, -0.2) is 19.1 Å². The van der Waals surface area contributed by atoms with Crippen LogP contribution >= 0.6 is 23.2 Å². The second-order valence-corrected chi connectivity index (χ2v) is 8.61. The molecule has 0 atom stereocenters. The highest BCUT2D eigenvalue weighted by Crippen LogP contribution is 2.34. The fraction of sp³-hybridized carbons (Fsp3) is 0.185. The Morgan fingerprint density at radius 2 is 1.65 bits per heavy atom. The van der Waals surface area contributed by atoms with Crippen molar-refractivity contribution in [2.45, 2.75) is 20.8 Å². The molecule has 0 spiro atoms. The third kappa shape index (κ3) is 6.77. The van der Waals surface area contributed by atoms with E-state index >= 15 is 0 Å². The molecule has 3 aromatic rings. The van der Waals surface area contributed by atoms with Crippen LogP contribution in [0.1, 0.15) is 22.3 Å². The van der Waals surface area contributed by atoms with Gasteiger partial charge in [-0.15, -0.1) is 0 Å². The van der Waals surface area contributed by atoms with Crippen LogP contribution in [0.5, 0.6) is 11.5 Å². The minimum absolute atomic E-state index is 0.115. The lowest BCUT2D eigenvalue weighted by atomic mass is 10.1. The maximum Gasteiger partial charge on any atom is 0.266 e. The number of hydrogen-bond donors (Lipinski definition) is 1. The Bertz CT molecular complexity index is 1260. The SMILES string of the molecule is Cc1ccc(NC(=O)C(C#N)=Cc2cc(Cl)cc(Cl)c2OCCOc2ccc(C)cc2C)cc1. The molecule has 0 aliphatic heterocycles. The highest BCUT2D eigenvalue weighted by molar-refractivity contribution is 6.36. The Morgan fingerprint density at radius 3 is 2.32 bits per heavy atom. The fourth-order valence-corrected chi connectivity index (χ4v) is 3.80. The van der Waals surface area contributed by atoms with Crippen LogP contribution in [0.3, 0.4) is 0 Å². The molecular weight excluding hydrogens is 471 g/mol. The highest BCUT2D eigenvalue weighted by atomic mass is 35.5. The lowest BCUT2D eigenvalue weighted by molar-refractivity contribution is -0.112. The Balaban J connectivity index is 1.75. The molecule has 0 aromatic heterocycles. The summed E-state index contributed by atoms with van der Waals surface area (Å²) < 4.78 is 11.7. The number of nitrogens with zero attached hydrogens (tertiary/aromatic N) is 1. The lowest BCUT2D eigenvalue weighted by Crippen LogP contribution is -2.14. The summed E-state index contributed by atoms with van der Waals surface area (Å²) >= 11 is 12.5. The van der Waals surface area contributed by atoms with E-state index in [1.807, 2.05) is 57.2 Å². The van der Waals surface area contributed by atoms with Crippen molar-refractivity contribution in [2.75, 3.05) is 18.5 Å². The number of halogens is 2. The zero-order chi connectivity index (χ0) is 24.7. The van der Waals surface area contributed by atoms with Crippen molar-refractivity contribution in [3.8, 4) is 17.6 Å².